The molecular formula is C43H51N9O3. The van der Waals surface area contributed by atoms with Crippen LogP contribution in [0.2, 0.25) is 0 Å². The van der Waals surface area contributed by atoms with Crippen molar-refractivity contribution in [1.29, 1.82) is 0 Å². The van der Waals surface area contributed by atoms with Crippen molar-refractivity contribution < 1.29 is 14.4 Å². The lowest BCUT2D eigenvalue weighted by molar-refractivity contribution is -0.120. The third kappa shape index (κ3) is 9.25. The van der Waals surface area contributed by atoms with Gasteiger partial charge in [-0.15, -0.1) is 6.58 Å². The van der Waals surface area contributed by atoms with Crippen LogP contribution in [0.5, 0.6) is 0 Å². The Bertz CT molecular complexity index is 2020. The second kappa shape index (κ2) is 17.5. The van der Waals surface area contributed by atoms with Gasteiger partial charge in [-0.1, -0.05) is 56.3 Å². The van der Waals surface area contributed by atoms with Crippen molar-refractivity contribution in [3.63, 3.8) is 0 Å². The summed E-state index contributed by atoms with van der Waals surface area (Å²) in [7, 11) is 1.71. The molecule has 0 saturated heterocycles. The Hall–Kier alpha value is -5.91. The van der Waals surface area contributed by atoms with Crippen molar-refractivity contribution in [2.24, 2.45) is 31.8 Å². The minimum absolute atomic E-state index is 0.112. The van der Waals surface area contributed by atoms with Crippen molar-refractivity contribution >= 4 is 47.5 Å². The second-order valence-corrected chi connectivity index (χ2v) is 14.8. The third-order valence-corrected chi connectivity index (χ3v) is 10.1. The molecule has 3 heterocycles. The highest BCUT2D eigenvalue weighted by Gasteiger charge is 2.33. The van der Waals surface area contributed by atoms with Gasteiger partial charge in [0.2, 0.25) is 12.4 Å². The van der Waals surface area contributed by atoms with Gasteiger partial charge < -0.3 is 25.8 Å². The van der Waals surface area contributed by atoms with E-state index in [9.17, 15) is 14.4 Å². The number of benzodiazepines with no additional fused rings is 1. The summed E-state index contributed by atoms with van der Waals surface area (Å²) in [6.07, 6.45) is 12.7. The van der Waals surface area contributed by atoms with Crippen molar-refractivity contribution in [3.05, 3.63) is 113 Å². The maximum atomic E-state index is 14.0. The minimum atomic E-state index is -0.563. The van der Waals surface area contributed by atoms with Gasteiger partial charge in [0.15, 0.2) is 0 Å². The number of aliphatic imine (C=N–C) groups is 4. The molecule has 12 heteroatoms. The molecule has 55 heavy (non-hydrogen) atoms. The van der Waals surface area contributed by atoms with E-state index in [0.717, 1.165) is 58.8 Å². The molecule has 2 aromatic carbocycles. The number of fused-ring (bicyclic) bond motifs is 1. The number of rotatable bonds is 13. The third-order valence-electron chi connectivity index (χ3n) is 10.1. The van der Waals surface area contributed by atoms with E-state index in [1.54, 1.807) is 41.3 Å². The van der Waals surface area contributed by atoms with Crippen molar-refractivity contribution in [1.82, 2.24) is 20.9 Å². The smallest absolute Gasteiger partial charge is 0.252 e. The molecule has 0 aromatic heterocycles. The molecule has 12 nitrogen and oxygen atoms in total. The number of carbonyl (C=O) groups is 3. The van der Waals surface area contributed by atoms with Crippen LogP contribution >= 0.6 is 0 Å². The number of amides is 3. The summed E-state index contributed by atoms with van der Waals surface area (Å²) < 4.78 is 0. The van der Waals surface area contributed by atoms with Crippen LogP contribution in [0, 0.1) is 11.8 Å². The Labute approximate surface area is 323 Å². The van der Waals surface area contributed by atoms with Crippen molar-refractivity contribution in [3.8, 4) is 0 Å². The molecule has 1 aliphatic carbocycles. The first kappa shape index (κ1) is 38.8. The van der Waals surface area contributed by atoms with E-state index in [1.807, 2.05) is 62.5 Å². The van der Waals surface area contributed by atoms with Crippen LogP contribution in [0.3, 0.4) is 0 Å². The van der Waals surface area contributed by atoms with Crippen LogP contribution in [0.15, 0.2) is 116 Å². The van der Waals surface area contributed by atoms with E-state index in [0.29, 0.717) is 43.1 Å². The fourth-order valence-electron chi connectivity index (χ4n) is 7.06. The molecule has 2 aromatic rings. The largest absolute Gasteiger partial charge is 0.384 e. The molecule has 4 atom stereocenters. The van der Waals surface area contributed by atoms with Crippen molar-refractivity contribution in [2.75, 3.05) is 25.0 Å². The molecule has 0 bridgehead atoms. The zero-order valence-electron chi connectivity index (χ0n) is 32.3. The fraction of sp³-hybridized carbons (Fsp3) is 0.372. The molecule has 0 fully saturated rings. The highest BCUT2D eigenvalue weighted by molar-refractivity contribution is 6.20. The maximum absolute atomic E-state index is 14.0. The van der Waals surface area contributed by atoms with E-state index in [-0.39, 0.29) is 29.7 Å². The molecule has 0 saturated carbocycles. The second-order valence-electron chi connectivity index (χ2n) is 14.8. The summed E-state index contributed by atoms with van der Waals surface area (Å²) in [6, 6.07) is 14.5. The molecule has 3 aliphatic heterocycles. The Morgan fingerprint density at radius 3 is 2.62 bits per heavy atom. The lowest BCUT2D eigenvalue weighted by Crippen LogP contribution is -2.45. The van der Waals surface area contributed by atoms with Gasteiger partial charge in [0, 0.05) is 66.3 Å². The topological polar surface area (TPSA) is 143 Å². The van der Waals surface area contributed by atoms with Gasteiger partial charge in [0.1, 0.15) is 12.2 Å². The molecule has 6 rings (SSSR count). The van der Waals surface area contributed by atoms with Crippen LogP contribution < -0.4 is 20.9 Å². The maximum Gasteiger partial charge on any atom is 0.252 e. The number of anilines is 1. The number of allylic oxidation sites excluding steroid dienone is 2. The Morgan fingerprint density at radius 2 is 1.91 bits per heavy atom. The normalized spacial score (nSPS) is 22.1. The van der Waals surface area contributed by atoms with E-state index in [1.165, 1.54) is 0 Å². The minimum Gasteiger partial charge on any atom is -0.384 e. The van der Waals surface area contributed by atoms with Gasteiger partial charge in [0.25, 0.3) is 11.8 Å². The first-order valence-corrected chi connectivity index (χ1v) is 19.0. The van der Waals surface area contributed by atoms with Gasteiger partial charge in [-0.2, -0.15) is 0 Å². The molecule has 0 radical (unpaired) electrons. The Balaban J connectivity index is 1.18. The molecule has 3 N–H and O–H groups in total. The van der Waals surface area contributed by atoms with Crippen LogP contribution in [0.4, 0.5) is 5.69 Å². The molecule has 0 spiro atoms. The SMILES string of the molecule is C=CCN1C(=O)[C@H](CC(C)C)N=C(c2ccccc2)c2ccc(C(=O)NC3C=C(NCC4C=NC(NC5=CN=C(C)CC5)=NC4N(C)C=O)C(C)=CC3)cc21. The monoisotopic (exact) mass is 741 g/mol. The highest BCUT2D eigenvalue weighted by atomic mass is 16.2. The molecular weight excluding hydrogens is 691 g/mol. The van der Waals surface area contributed by atoms with E-state index < -0.39 is 12.2 Å². The average Bonchev–Trinajstić information content (AvgIpc) is 3.29. The lowest BCUT2D eigenvalue weighted by atomic mass is 9.97. The number of nitrogens with zero attached hydrogens (tertiary/aromatic N) is 6. The number of carbonyl (C=O) groups excluding carboxylic acids is 3. The van der Waals surface area contributed by atoms with E-state index in [2.05, 4.69) is 52.4 Å². The fourth-order valence-corrected chi connectivity index (χ4v) is 7.06. The summed E-state index contributed by atoms with van der Waals surface area (Å²) in [6.45, 7) is 12.9. The standard InChI is InChI=1S/C43H51N9O3/c1-7-19-52-38-21-31(15-18-35(38)39(30-11-9-8-10-12-30)49-37(42(52)55)20-27(2)3)41(54)47-33-16-13-28(4)36(22-33)45-23-32-24-46-43(50-40(32)51(6)26-53)48-34-17-14-29(5)44-25-34/h7-13,15,18,21-22,24-27,32-33,37,40,45H,1,14,16-17,19-20,23H2,2-6H3,(H,47,54)(H,48,50)/t32?,33?,37-,40?/m0/s1. The predicted octanol–water partition coefficient (Wildman–Crippen LogP) is 5.55. The Morgan fingerprint density at radius 1 is 1.11 bits per heavy atom. The average molecular weight is 742 g/mol. The molecule has 4 aliphatic rings. The van der Waals surface area contributed by atoms with Crippen molar-refractivity contribution in [2.45, 2.75) is 71.6 Å². The van der Waals surface area contributed by atoms with Crippen LogP contribution in [-0.4, -0.2) is 85.1 Å². The summed E-state index contributed by atoms with van der Waals surface area (Å²) in [4.78, 5) is 61.8. The number of hydrogen-bond acceptors (Lipinski definition) is 9. The van der Waals surface area contributed by atoms with E-state index in [4.69, 9.17) is 9.98 Å². The van der Waals surface area contributed by atoms with Gasteiger partial charge in [-0.05, 0) is 75.3 Å². The quantitative estimate of drug-likeness (QED) is 0.182. The van der Waals surface area contributed by atoms with Gasteiger partial charge in [0.05, 0.1) is 23.4 Å². The molecule has 3 unspecified atom stereocenters. The summed E-state index contributed by atoms with van der Waals surface area (Å²) in [5.41, 5.74) is 7.45. The first-order valence-electron chi connectivity index (χ1n) is 19.0. The highest BCUT2D eigenvalue weighted by Crippen LogP contribution is 2.32. The van der Waals surface area contributed by atoms with Gasteiger partial charge >= 0.3 is 0 Å². The number of nitrogens with one attached hydrogen (secondary N) is 3. The Kier molecular flexibility index (Phi) is 12.3. The number of benzene rings is 2. The molecule has 3 amide bonds. The van der Waals surface area contributed by atoms with Gasteiger partial charge in [-0.25, -0.2) is 9.98 Å². The van der Waals surface area contributed by atoms with E-state index >= 15 is 0 Å². The van der Waals surface area contributed by atoms with Crippen LogP contribution in [0.1, 0.15) is 74.9 Å². The van der Waals surface area contributed by atoms with Crippen LogP contribution in [-0.2, 0) is 9.59 Å². The lowest BCUT2D eigenvalue weighted by Gasteiger charge is -2.31. The molecule has 286 valence electrons. The number of guanidine groups is 1. The van der Waals surface area contributed by atoms with Crippen LogP contribution in [0.25, 0.3) is 0 Å². The zero-order chi connectivity index (χ0) is 39.1. The first-order chi connectivity index (χ1) is 26.5. The number of hydrogen-bond donors (Lipinski definition) is 3. The van der Waals surface area contributed by atoms with Gasteiger partial charge in [-0.3, -0.25) is 24.4 Å². The summed E-state index contributed by atoms with van der Waals surface area (Å²) in [5, 5.41) is 9.97. The zero-order valence-corrected chi connectivity index (χ0v) is 32.3. The summed E-state index contributed by atoms with van der Waals surface area (Å²) >= 11 is 0. The predicted molar refractivity (Wildman–Crippen MR) is 221 cm³/mol. The summed E-state index contributed by atoms with van der Waals surface area (Å²) in [5.74, 6) is 0.139.